The fourth-order valence-electron chi connectivity index (χ4n) is 2.36. The van der Waals surface area contributed by atoms with Gasteiger partial charge in [0.2, 0.25) is 0 Å². The van der Waals surface area contributed by atoms with Crippen LogP contribution in [0.4, 0.5) is 0 Å². The zero-order chi connectivity index (χ0) is 12.1. The fraction of sp³-hybridized carbons (Fsp3) is 0.571. The van der Waals surface area contributed by atoms with Crippen LogP contribution >= 0.6 is 0 Å². The molecule has 1 fully saturated rings. The molecule has 1 aromatic carbocycles. The van der Waals surface area contributed by atoms with Gasteiger partial charge in [-0.2, -0.15) is 0 Å². The Balaban J connectivity index is 1.98. The van der Waals surface area contributed by atoms with Crippen LogP contribution in [0.25, 0.3) is 0 Å². The fourth-order valence-corrected chi connectivity index (χ4v) is 2.36. The predicted octanol–water partition coefficient (Wildman–Crippen LogP) is 1.91. The van der Waals surface area contributed by atoms with Crippen LogP contribution in [-0.4, -0.2) is 29.0 Å². The number of benzene rings is 1. The van der Waals surface area contributed by atoms with Crippen LogP contribution in [0.2, 0.25) is 0 Å². The molecule has 1 aliphatic carbocycles. The molecule has 0 atom stereocenters. The van der Waals surface area contributed by atoms with Crippen LogP contribution in [-0.2, 0) is 6.42 Å². The lowest BCUT2D eigenvalue weighted by Gasteiger charge is -2.23. The lowest BCUT2D eigenvalue weighted by molar-refractivity contribution is 0.00110. The van der Waals surface area contributed by atoms with Crippen LogP contribution in [0.1, 0.15) is 31.2 Å². The molecule has 0 bridgehead atoms. The van der Waals surface area contributed by atoms with Crippen molar-refractivity contribution >= 4 is 0 Å². The Hall–Kier alpha value is -1.06. The summed E-state index contributed by atoms with van der Waals surface area (Å²) in [5.74, 6) is 0.780. The molecule has 0 spiro atoms. The maximum Gasteiger partial charge on any atom is 0.122 e. The van der Waals surface area contributed by atoms with E-state index in [1.807, 2.05) is 24.3 Å². The molecule has 0 aliphatic heterocycles. The van der Waals surface area contributed by atoms with E-state index in [-0.39, 0.29) is 6.61 Å². The zero-order valence-electron chi connectivity index (χ0n) is 10.1. The average molecular weight is 236 g/mol. The summed E-state index contributed by atoms with van der Waals surface area (Å²) in [7, 11) is 0. The van der Waals surface area contributed by atoms with E-state index in [0.717, 1.165) is 37.0 Å². The van der Waals surface area contributed by atoms with Gasteiger partial charge in [-0.15, -0.1) is 0 Å². The molecule has 1 saturated carbocycles. The van der Waals surface area contributed by atoms with Crippen molar-refractivity contribution in [2.75, 3.05) is 13.2 Å². The van der Waals surface area contributed by atoms with Gasteiger partial charge in [-0.3, -0.25) is 0 Å². The first-order valence-electron chi connectivity index (χ1n) is 6.27. The summed E-state index contributed by atoms with van der Waals surface area (Å²) in [6.45, 7) is 0.472. The molecule has 2 N–H and O–H groups in total. The molecule has 0 heterocycles. The molecule has 0 radical (unpaired) electrons. The van der Waals surface area contributed by atoms with Gasteiger partial charge < -0.3 is 14.9 Å². The van der Waals surface area contributed by atoms with Crippen molar-refractivity contribution in [3.05, 3.63) is 29.8 Å². The number of hydrogen-bond donors (Lipinski definition) is 2. The van der Waals surface area contributed by atoms with E-state index in [1.165, 1.54) is 0 Å². The molecule has 1 aliphatic rings. The molecule has 0 saturated heterocycles. The highest BCUT2D eigenvalue weighted by atomic mass is 16.5. The van der Waals surface area contributed by atoms with Gasteiger partial charge in [0.25, 0.3) is 0 Å². The van der Waals surface area contributed by atoms with Crippen LogP contribution < -0.4 is 4.74 Å². The van der Waals surface area contributed by atoms with Gasteiger partial charge in [0.15, 0.2) is 0 Å². The quantitative estimate of drug-likeness (QED) is 0.821. The molecule has 1 aromatic rings. The summed E-state index contributed by atoms with van der Waals surface area (Å²) in [5.41, 5.74) is 0.350. The first-order valence-corrected chi connectivity index (χ1v) is 6.27. The minimum absolute atomic E-state index is 0.116. The van der Waals surface area contributed by atoms with E-state index in [9.17, 15) is 5.11 Å². The second-order valence-corrected chi connectivity index (χ2v) is 4.80. The average Bonchev–Trinajstić information content (AvgIpc) is 2.76. The van der Waals surface area contributed by atoms with E-state index in [1.54, 1.807) is 0 Å². The van der Waals surface area contributed by atoms with Crippen LogP contribution in [0.3, 0.4) is 0 Å². The monoisotopic (exact) mass is 236 g/mol. The van der Waals surface area contributed by atoms with Crippen molar-refractivity contribution in [2.24, 2.45) is 0 Å². The molecule has 0 amide bonds. The van der Waals surface area contributed by atoms with Crippen molar-refractivity contribution < 1.29 is 14.9 Å². The van der Waals surface area contributed by atoms with Gasteiger partial charge in [0.1, 0.15) is 12.4 Å². The molecular weight excluding hydrogens is 216 g/mol. The number of rotatable bonds is 5. The van der Waals surface area contributed by atoms with Gasteiger partial charge in [-0.05, 0) is 30.9 Å². The predicted molar refractivity (Wildman–Crippen MR) is 66.1 cm³/mol. The molecule has 17 heavy (non-hydrogen) atoms. The van der Waals surface area contributed by atoms with Gasteiger partial charge in [0, 0.05) is 6.61 Å². The highest BCUT2D eigenvalue weighted by molar-refractivity contribution is 5.33. The summed E-state index contributed by atoms with van der Waals surface area (Å²) in [6, 6.07) is 7.69. The number of hydrogen-bond acceptors (Lipinski definition) is 3. The maximum atomic E-state index is 10.2. The Bertz CT molecular complexity index is 356. The smallest absolute Gasteiger partial charge is 0.122 e. The van der Waals surface area contributed by atoms with Crippen molar-refractivity contribution in [3.8, 4) is 5.75 Å². The van der Waals surface area contributed by atoms with Gasteiger partial charge in [0.05, 0.1) is 5.60 Å². The zero-order valence-corrected chi connectivity index (χ0v) is 10.1. The SMILES string of the molecule is OCCc1ccccc1OCC1(O)CCCC1. The van der Waals surface area contributed by atoms with Crippen molar-refractivity contribution in [1.29, 1.82) is 0 Å². The van der Waals surface area contributed by atoms with Gasteiger partial charge in [-0.1, -0.05) is 31.0 Å². The highest BCUT2D eigenvalue weighted by Crippen LogP contribution is 2.30. The number of ether oxygens (including phenoxy) is 1. The van der Waals surface area contributed by atoms with Crippen LogP contribution in [0, 0.1) is 0 Å². The third kappa shape index (κ3) is 3.20. The molecule has 0 aromatic heterocycles. The van der Waals surface area contributed by atoms with Crippen LogP contribution in [0.15, 0.2) is 24.3 Å². The summed E-state index contributed by atoms with van der Waals surface area (Å²) < 4.78 is 5.72. The maximum absolute atomic E-state index is 10.2. The van der Waals surface area contributed by atoms with Crippen molar-refractivity contribution in [3.63, 3.8) is 0 Å². The van der Waals surface area contributed by atoms with E-state index >= 15 is 0 Å². The molecular formula is C14H20O3. The molecule has 0 unspecified atom stereocenters. The Morgan fingerprint density at radius 1 is 1.18 bits per heavy atom. The standard InChI is InChI=1S/C14H20O3/c15-10-7-12-5-1-2-6-13(12)17-11-14(16)8-3-4-9-14/h1-2,5-6,15-16H,3-4,7-11H2. The lowest BCUT2D eigenvalue weighted by Crippen LogP contribution is -2.32. The largest absolute Gasteiger partial charge is 0.490 e. The normalized spacial score (nSPS) is 18.2. The summed E-state index contributed by atoms with van der Waals surface area (Å²) >= 11 is 0. The summed E-state index contributed by atoms with van der Waals surface area (Å²) in [5, 5.41) is 19.2. The Morgan fingerprint density at radius 2 is 1.88 bits per heavy atom. The first kappa shape index (κ1) is 12.4. The molecule has 2 rings (SSSR count). The van der Waals surface area contributed by atoms with E-state index in [4.69, 9.17) is 9.84 Å². The summed E-state index contributed by atoms with van der Waals surface area (Å²) in [6.07, 6.45) is 4.41. The van der Waals surface area contributed by atoms with E-state index in [2.05, 4.69) is 0 Å². The summed E-state index contributed by atoms with van der Waals surface area (Å²) in [4.78, 5) is 0. The Kier molecular flexibility index (Phi) is 4.02. The number of aliphatic hydroxyl groups excluding tert-OH is 1. The third-order valence-electron chi connectivity index (χ3n) is 3.38. The highest BCUT2D eigenvalue weighted by Gasteiger charge is 2.32. The number of para-hydroxylation sites is 1. The number of aliphatic hydroxyl groups is 2. The molecule has 3 heteroatoms. The first-order chi connectivity index (χ1) is 8.23. The second kappa shape index (κ2) is 5.52. The Morgan fingerprint density at radius 3 is 2.59 bits per heavy atom. The van der Waals surface area contributed by atoms with Gasteiger partial charge in [-0.25, -0.2) is 0 Å². The van der Waals surface area contributed by atoms with E-state index < -0.39 is 5.60 Å². The minimum Gasteiger partial charge on any atom is -0.490 e. The Labute approximate surface area is 102 Å². The molecule has 94 valence electrons. The molecule has 3 nitrogen and oxygen atoms in total. The van der Waals surface area contributed by atoms with Crippen LogP contribution in [0.5, 0.6) is 5.75 Å². The lowest BCUT2D eigenvalue weighted by atomic mass is 10.0. The third-order valence-corrected chi connectivity index (χ3v) is 3.38. The van der Waals surface area contributed by atoms with E-state index in [0.29, 0.717) is 13.0 Å². The van der Waals surface area contributed by atoms with Crippen molar-refractivity contribution in [1.82, 2.24) is 0 Å². The van der Waals surface area contributed by atoms with Gasteiger partial charge >= 0.3 is 0 Å². The minimum atomic E-state index is -0.647. The second-order valence-electron chi connectivity index (χ2n) is 4.80. The topological polar surface area (TPSA) is 49.7 Å². The van der Waals surface area contributed by atoms with Crippen molar-refractivity contribution in [2.45, 2.75) is 37.7 Å².